The van der Waals surface area contributed by atoms with Gasteiger partial charge in [-0.05, 0) is 90.1 Å². The van der Waals surface area contributed by atoms with Gasteiger partial charge in [0, 0.05) is 11.8 Å². The van der Waals surface area contributed by atoms with Crippen LogP contribution in [0.4, 0.5) is 4.39 Å². The molecule has 0 amide bonds. The van der Waals surface area contributed by atoms with Crippen molar-refractivity contribution in [3.8, 4) is 22.6 Å². The predicted octanol–water partition coefficient (Wildman–Crippen LogP) is 7.71. The van der Waals surface area contributed by atoms with Crippen LogP contribution in [0.25, 0.3) is 22.0 Å². The summed E-state index contributed by atoms with van der Waals surface area (Å²) in [6.07, 6.45) is 4.84. The Hall–Kier alpha value is -2.71. The van der Waals surface area contributed by atoms with Crippen molar-refractivity contribution in [1.29, 1.82) is 0 Å². The van der Waals surface area contributed by atoms with Crippen molar-refractivity contribution < 1.29 is 32.0 Å². The summed E-state index contributed by atoms with van der Waals surface area (Å²) in [4.78, 5) is 13.7. The lowest BCUT2D eigenvalue weighted by molar-refractivity contribution is -0.00574. The second-order valence-corrected chi connectivity index (χ2v) is 13.6. The predicted molar refractivity (Wildman–Crippen MR) is 153 cm³/mol. The van der Waals surface area contributed by atoms with Gasteiger partial charge in [0.25, 0.3) is 0 Å². The minimum absolute atomic E-state index is 0.147. The summed E-state index contributed by atoms with van der Waals surface area (Å²) < 4.78 is 59.5. The number of fused-ring (bicyclic) bond motifs is 1. The van der Waals surface area contributed by atoms with E-state index in [1.54, 1.807) is 79.1 Å². The molecule has 0 saturated heterocycles. The van der Waals surface area contributed by atoms with Gasteiger partial charge in [0.15, 0.2) is 5.43 Å². The molecule has 1 aliphatic carbocycles. The topological polar surface area (TPSA) is 85.2 Å². The Morgan fingerprint density at radius 1 is 0.975 bits per heavy atom. The minimum atomic E-state index is -4.12. The fraction of sp³-hybridized carbons (Fsp3) is 0.500. The highest BCUT2D eigenvalue weighted by Crippen LogP contribution is 2.55. The molecule has 3 aromatic rings. The second-order valence-electron chi connectivity index (χ2n) is 12.1. The molecule has 218 valence electrons. The third-order valence-electron chi connectivity index (χ3n) is 6.36. The molecule has 0 N–H and O–H groups in total. The first-order chi connectivity index (χ1) is 18.7. The zero-order valence-corrected chi connectivity index (χ0v) is 25.2. The largest absolute Gasteiger partial charge is 0.497 e. The summed E-state index contributed by atoms with van der Waals surface area (Å²) in [5.74, 6) is 0.676. The molecule has 1 saturated carbocycles. The number of nitrogens with zero attached hydrogens (tertiary/aromatic N) is 1. The smallest absolute Gasteiger partial charge is 0.477 e. The van der Waals surface area contributed by atoms with Crippen molar-refractivity contribution in [1.82, 2.24) is 4.57 Å². The van der Waals surface area contributed by atoms with Crippen LogP contribution in [0.2, 0.25) is 0 Å². The van der Waals surface area contributed by atoms with E-state index < -0.39 is 30.3 Å². The van der Waals surface area contributed by atoms with Gasteiger partial charge in [0.1, 0.15) is 24.0 Å². The van der Waals surface area contributed by atoms with Gasteiger partial charge in [-0.1, -0.05) is 18.6 Å². The van der Waals surface area contributed by atoms with Gasteiger partial charge in [-0.3, -0.25) is 18.4 Å². The van der Waals surface area contributed by atoms with Crippen molar-refractivity contribution in [3.05, 3.63) is 58.6 Å². The fourth-order valence-corrected chi connectivity index (χ4v) is 6.15. The molecule has 4 rings (SSSR count). The van der Waals surface area contributed by atoms with Crippen molar-refractivity contribution >= 4 is 18.7 Å². The van der Waals surface area contributed by atoms with Gasteiger partial charge in [-0.2, -0.15) is 0 Å². The molecule has 0 unspecified atom stereocenters. The van der Waals surface area contributed by atoms with Gasteiger partial charge in [0.2, 0.25) is 0 Å². The van der Waals surface area contributed by atoms with Gasteiger partial charge in [0.05, 0.1) is 35.8 Å². The van der Waals surface area contributed by atoms with E-state index >= 15 is 4.39 Å². The number of phosphoric ester groups is 1. The molecular weight excluding hydrogens is 536 g/mol. The Morgan fingerprint density at radius 3 is 2.12 bits per heavy atom. The molecule has 2 aromatic carbocycles. The molecule has 1 aromatic heterocycles. The lowest BCUT2D eigenvalue weighted by atomic mass is 9.86. The van der Waals surface area contributed by atoms with Gasteiger partial charge in [-0.25, -0.2) is 8.96 Å². The molecule has 0 aliphatic heterocycles. The lowest BCUT2D eigenvalue weighted by Gasteiger charge is -2.31. The van der Waals surface area contributed by atoms with E-state index in [0.29, 0.717) is 29.6 Å². The van der Waals surface area contributed by atoms with Crippen molar-refractivity contribution in [2.24, 2.45) is 5.92 Å². The van der Waals surface area contributed by atoms with Crippen molar-refractivity contribution in [2.75, 3.05) is 13.7 Å². The van der Waals surface area contributed by atoms with Gasteiger partial charge in [-0.15, -0.1) is 0 Å². The summed E-state index contributed by atoms with van der Waals surface area (Å²) in [5.41, 5.74) is -1.19. The molecule has 1 heterocycles. The molecule has 0 radical (unpaired) electrons. The Bertz CT molecular complexity index is 1430. The van der Waals surface area contributed by atoms with Gasteiger partial charge >= 0.3 is 7.82 Å². The SMILES string of the molecule is COc1ccc(-c2cn(COP(=O)(OC(C)(C)C)OC(C)(C)C)c3c(OCC4CCC4)ccc(F)c3c2=O)cc1. The Morgan fingerprint density at radius 2 is 1.60 bits per heavy atom. The number of aromatic nitrogens is 1. The van der Waals surface area contributed by atoms with Crippen LogP contribution in [-0.2, 0) is 24.9 Å². The zero-order chi connectivity index (χ0) is 29.3. The molecule has 40 heavy (non-hydrogen) atoms. The number of pyridine rings is 1. The standard InChI is InChI=1S/C30H39FNO7P/c1-29(2,3)38-40(34,39-30(4,5)6)37-19-32-17-23(21-11-13-22(35-7)14-12-21)28(33)26-24(31)15-16-25(27(26)32)36-18-20-9-8-10-20/h11-17,20H,8-10,18-19H2,1-7H3. The van der Waals surface area contributed by atoms with Gasteiger partial charge < -0.3 is 14.0 Å². The number of hydrogen-bond donors (Lipinski definition) is 0. The molecule has 0 spiro atoms. The van der Waals surface area contributed by atoms with Crippen LogP contribution in [0.1, 0.15) is 60.8 Å². The Labute approximate surface area is 235 Å². The number of phosphoric acid groups is 1. The number of rotatable bonds is 10. The average Bonchev–Trinajstić information content (AvgIpc) is 2.81. The number of ether oxygens (including phenoxy) is 2. The van der Waals surface area contributed by atoms with Crippen LogP contribution in [0.5, 0.6) is 11.5 Å². The molecule has 8 nitrogen and oxygen atoms in total. The first-order valence-electron chi connectivity index (χ1n) is 13.5. The highest BCUT2D eigenvalue weighted by molar-refractivity contribution is 7.48. The molecule has 1 fully saturated rings. The van der Waals surface area contributed by atoms with Crippen LogP contribution < -0.4 is 14.9 Å². The van der Waals surface area contributed by atoms with E-state index in [1.165, 1.54) is 16.7 Å². The highest BCUT2D eigenvalue weighted by Gasteiger charge is 2.37. The van der Waals surface area contributed by atoms with Crippen molar-refractivity contribution in [2.45, 2.75) is 78.7 Å². The summed E-state index contributed by atoms with van der Waals surface area (Å²) in [5, 5.41) is -0.147. The molecule has 1 aliphatic rings. The van der Waals surface area contributed by atoms with E-state index in [-0.39, 0.29) is 23.2 Å². The monoisotopic (exact) mass is 575 g/mol. The zero-order valence-electron chi connectivity index (χ0n) is 24.3. The summed E-state index contributed by atoms with van der Waals surface area (Å²) in [7, 11) is -2.57. The third kappa shape index (κ3) is 7.32. The maximum absolute atomic E-state index is 15.4. The van der Waals surface area contributed by atoms with Crippen molar-refractivity contribution in [3.63, 3.8) is 0 Å². The average molecular weight is 576 g/mol. The maximum atomic E-state index is 15.4. The molecule has 0 atom stereocenters. The first kappa shape index (κ1) is 30.3. The Kier molecular flexibility index (Phi) is 8.81. The van der Waals surface area contributed by atoms with E-state index in [9.17, 15) is 9.36 Å². The number of hydrogen-bond acceptors (Lipinski definition) is 7. The summed E-state index contributed by atoms with van der Waals surface area (Å²) in [6.45, 7) is 10.6. The Balaban J connectivity index is 1.85. The quantitative estimate of drug-likeness (QED) is 0.229. The number of halogens is 1. The number of benzene rings is 2. The first-order valence-corrected chi connectivity index (χ1v) is 14.9. The number of methoxy groups -OCH3 is 1. The lowest BCUT2D eigenvalue weighted by Crippen LogP contribution is -2.25. The maximum Gasteiger partial charge on any atom is 0.477 e. The second kappa shape index (κ2) is 11.6. The van der Waals surface area contributed by atoms with Crippen LogP contribution in [0.15, 0.2) is 47.4 Å². The molecule has 0 bridgehead atoms. The summed E-state index contributed by atoms with van der Waals surface area (Å²) >= 11 is 0. The van der Waals surface area contributed by atoms with Crippen LogP contribution in [0.3, 0.4) is 0 Å². The minimum Gasteiger partial charge on any atom is -0.497 e. The molecular formula is C30H39FNO7P. The van der Waals surface area contributed by atoms with E-state index in [2.05, 4.69) is 0 Å². The van der Waals surface area contributed by atoms with E-state index in [0.717, 1.165) is 19.3 Å². The highest BCUT2D eigenvalue weighted by atomic mass is 31.2. The summed E-state index contributed by atoms with van der Waals surface area (Å²) in [6, 6.07) is 9.62. The third-order valence-corrected chi connectivity index (χ3v) is 8.33. The van der Waals surface area contributed by atoms with E-state index in [1.807, 2.05) is 0 Å². The normalized spacial score (nSPS) is 14.8. The fourth-order valence-electron chi connectivity index (χ4n) is 4.40. The van der Waals surface area contributed by atoms with Crippen LogP contribution >= 0.6 is 7.82 Å². The van der Waals surface area contributed by atoms with Crippen LogP contribution in [0, 0.1) is 11.7 Å². The van der Waals surface area contributed by atoms with E-state index in [4.69, 9.17) is 23.0 Å². The molecule has 10 heteroatoms. The van der Waals surface area contributed by atoms with Crippen LogP contribution in [-0.4, -0.2) is 29.5 Å².